The lowest BCUT2D eigenvalue weighted by atomic mass is 9.96. The molecule has 108 valence electrons. The van der Waals surface area contributed by atoms with E-state index in [0.29, 0.717) is 6.04 Å². The van der Waals surface area contributed by atoms with Crippen LogP contribution in [-0.2, 0) is 0 Å². The molecule has 2 nitrogen and oxygen atoms in total. The fourth-order valence-electron chi connectivity index (χ4n) is 2.89. The minimum Gasteiger partial charge on any atom is -0.394 e. The minimum absolute atomic E-state index is 0.0952. The fourth-order valence-corrected chi connectivity index (χ4v) is 4.07. The van der Waals surface area contributed by atoms with Crippen molar-refractivity contribution >= 4 is 11.8 Å². The standard InChI is InChI=1S/C15H31NOS/c1-13(2)16-15(3,12-17)9-6-10-18-11-14-7-4-5-8-14/h13-14,16-17H,4-12H2,1-3H3. The van der Waals surface area contributed by atoms with Crippen molar-refractivity contribution in [3.05, 3.63) is 0 Å². The first-order valence-electron chi connectivity index (χ1n) is 7.52. The van der Waals surface area contributed by atoms with Crippen LogP contribution in [0, 0.1) is 5.92 Å². The highest BCUT2D eigenvalue weighted by atomic mass is 32.2. The molecule has 1 fully saturated rings. The summed E-state index contributed by atoms with van der Waals surface area (Å²) in [5.41, 5.74) is -0.0952. The molecule has 0 aromatic heterocycles. The van der Waals surface area contributed by atoms with Gasteiger partial charge in [-0.3, -0.25) is 0 Å². The monoisotopic (exact) mass is 273 g/mol. The minimum atomic E-state index is -0.0952. The zero-order valence-corrected chi connectivity index (χ0v) is 13.2. The highest BCUT2D eigenvalue weighted by Crippen LogP contribution is 2.28. The third-order valence-electron chi connectivity index (χ3n) is 3.83. The van der Waals surface area contributed by atoms with E-state index in [1.807, 2.05) is 0 Å². The molecule has 0 saturated heterocycles. The van der Waals surface area contributed by atoms with Gasteiger partial charge in [-0.15, -0.1) is 0 Å². The van der Waals surface area contributed by atoms with E-state index in [2.05, 4.69) is 37.8 Å². The molecule has 0 aliphatic heterocycles. The SMILES string of the molecule is CC(C)NC(C)(CO)CCCSCC1CCCC1. The summed E-state index contributed by atoms with van der Waals surface area (Å²) >= 11 is 2.11. The van der Waals surface area contributed by atoms with E-state index >= 15 is 0 Å². The highest BCUT2D eigenvalue weighted by Gasteiger charge is 2.23. The van der Waals surface area contributed by atoms with Crippen LogP contribution < -0.4 is 5.32 Å². The molecule has 0 radical (unpaired) electrons. The first-order chi connectivity index (χ1) is 8.56. The number of aliphatic hydroxyl groups excluding tert-OH is 1. The molecule has 0 bridgehead atoms. The number of aliphatic hydroxyl groups is 1. The first kappa shape index (κ1) is 16.3. The van der Waals surface area contributed by atoms with Crippen LogP contribution in [0.5, 0.6) is 0 Å². The molecule has 18 heavy (non-hydrogen) atoms. The van der Waals surface area contributed by atoms with Crippen LogP contribution in [0.2, 0.25) is 0 Å². The van der Waals surface area contributed by atoms with Gasteiger partial charge >= 0.3 is 0 Å². The molecule has 1 atom stereocenters. The Morgan fingerprint density at radius 1 is 1.33 bits per heavy atom. The molecule has 0 spiro atoms. The third kappa shape index (κ3) is 6.44. The lowest BCUT2D eigenvalue weighted by Crippen LogP contribution is -2.49. The lowest BCUT2D eigenvalue weighted by molar-refractivity contribution is 0.156. The number of nitrogens with one attached hydrogen (secondary N) is 1. The van der Waals surface area contributed by atoms with E-state index in [4.69, 9.17) is 0 Å². The lowest BCUT2D eigenvalue weighted by Gasteiger charge is -2.31. The van der Waals surface area contributed by atoms with Crippen molar-refractivity contribution < 1.29 is 5.11 Å². The zero-order valence-electron chi connectivity index (χ0n) is 12.4. The summed E-state index contributed by atoms with van der Waals surface area (Å²) in [5.74, 6) is 3.59. The van der Waals surface area contributed by atoms with Crippen LogP contribution in [0.4, 0.5) is 0 Å². The van der Waals surface area contributed by atoms with Gasteiger partial charge in [0.25, 0.3) is 0 Å². The van der Waals surface area contributed by atoms with Crippen molar-refractivity contribution in [1.82, 2.24) is 5.32 Å². The Labute approximate surface area is 117 Å². The number of hydrogen-bond donors (Lipinski definition) is 2. The van der Waals surface area contributed by atoms with Crippen LogP contribution in [-0.4, -0.2) is 34.8 Å². The number of rotatable bonds is 9. The van der Waals surface area contributed by atoms with E-state index < -0.39 is 0 Å². The Balaban J connectivity index is 2.07. The van der Waals surface area contributed by atoms with Gasteiger partial charge in [-0.2, -0.15) is 11.8 Å². The summed E-state index contributed by atoms with van der Waals surface area (Å²) < 4.78 is 0. The largest absolute Gasteiger partial charge is 0.394 e. The topological polar surface area (TPSA) is 32.3 Å². The Kier molecular flexibility index (Phi) is 7.66. The molecular formula is C15H31NOS. The first-order valence-corrected chi connectivity index (χ1v) is 8.67. The Morgan fingerprint density at radius 2 is 2.00 bits per heavy atom. The molecule has 0 aromatic rings. The molecule has 1 saturated carbocycles. The van der Waals surface area contributed by atoms with Crippen molar-refractivity contribution in [1.29, 1.82) is 0 Å². The average Bonchev–Trinajstić information content (AvgIpc) is 2.80. The molecule has 2 N–H and O–H groups in total. The second kappa shape index (κ2) is 8.44. The smallest absolute Gasteiger partial charge is 0.0610 e. The van der Waals surface area contributed by atoms with E-state index in [1.54, 1.807) is 0 Å². The van der Waals surface area contributed by atoms with E-state index in [0.717, 1.165) is 12.3 Å². The molecule has 0 amide bonds. The van der Waals surface area contributed by atoms with Gasteiger partial charge in [0.2, 0.25) is 0 Å². The second-order valence-electron chi connectivity index (χ2n) is 6.35. The summed E-state index contributed by atoms with van der Waals surface area (Å²) in [4.78, 5) is 0. The van der Waals surface area contributed by atoms with Crippen molar-refractivity contribution in [2.75, 3.05) is 18.1 Å². The molecule has 3 heteroatoms. The van der Waals surface area contributed by atoms with Crippen molar-refractivity contribution in [3.8, 4) is 0 Å². The van der Waals surface area contributed by atoms with E-state index in [-0.39, 0.29) is 12.1 Å². The van der Waals surface area contributed by atoms with Crippen LogP contribution >= 0.6 is 11.8 Å². The molecule has 1 aliphatic rings. The van der Waals surface area contributed by atoms with Crippen LogP contribution in [0.3, 0.4) is 0 Å². The number of hydrogen-bond acceptors (Lipinski definition) is 3. The van der Waals surface area contributed by atoms with Crippen LogP contribution in [0.25, 0.3) is 0 Å². The van der Waals surface area contributed by atoms with Gasteiger partial charge in [0, 0.05) is 11.6 Å². The fraction of sp³-hybridized carbons (Fsp3) is 1.00. The van der Waals surface area contributed by atoms with Gasteiger partial charge in [0.15, 0.2) is 0 Å². The van der Waals surface area contributed by atoms with Crippen LogP contribution in [0.15, 0.2) is 0 Å². The maximum absolute atomic E-state index is 9.49. The van der Waals surface area contributed by atoms with Crippen molar-refractivity contribution in [2.45, 2.75) is 70.9 Å². The average molecular weight is 273 g/mol. The summed E-state index contributed by atoms with van der Waals surface area (Å²) in [6.45, 7) is 6.65. The van der Waals surface area contributed by atoms with E-state index in [9.17, 15) is 5.11 Å². The summed E-state index contributed by atoms with van der Waals surface area (Å²) in [6.07, 6.45) is 8.08. The Bertz CT molecular complexity index is 217. The normalized spacial score (nSPS) is 20.5. The van der Waals surface area contributed by atoms with Crippen LogP contribution in [0.1, 0.15) is 59.3 Å². The van der Waals surface area contributed by atoms with Crippen molar-refractivity contribution in [3.63, 3.8) is 0 Å². The van der Waals surface area contributed by atoms with E-state index in [1.165, 1.54) is 43.6 Å². The maximum atomic E-state index is 9.49. The second-order valence-corrected chi connectivity index (χ2v) is 7.50. The predicted octanol–water partition coefficient (Wildman–Crippen LogP) is 3.44. The Morgan fingerprint density at radius 3 is 2.56 bits per heavy atom. The zero-order chi connectivity index (χ0) is 13.4. The quantitative estimate of drug-likeness (QED) is 0.631. The van der Waals surface area contributed by atoms with Gasteiger partial charge in [-0.1, -0.05) is 26.7 Å². The van der Waals surface area contributed by atoms with Gasteiger partial charge in [-0.05, 0) is 50.0 Å². The predicted molar refractivity (Wildman–Crippen MR) is 82.3 cm³/mol. The van der Waals surface area contributed by atoms with Gasteiger partial charge in [0.1, 0.15) is 0 Å². The highest BCUT2D eigenvalue weighted by molar-refractivity contribution is 7.99. The van der Waals surface area contributed by atoms with Gasteiger partial charge in [-0.25, -0.2) is 0 Å². The molecule has 1 rings (SSSR count). The molecule has 0 heterocycles. The molecule has 1 unspecified atom stereocenters. The van der Waals surface area contributed by atoms with Gasteiger partial charge in [0.05, 0.1) is 6.61 Å². The summed E-state index contributed by atoms with van der Waals surface area (Å²) in [6, 6.07) is 0.438. The molecule has 0 aromatic carbocycles. The molecular weight excluding hydrogens is 242 g/mol. The summed E-state index contributed by atoms with van der Waals surface area (Å²) in [5, 5.41) is 13.0. The Hall–Kier alpha value is 0.270. The van der Waals surface area contributed by atoms with Gasteiger partial charge < -0.3 is 10.4 Å². The number of thioether (sulfide) groups is 1. The third-order valence-corrected chi connectivity index (χ3v) is 5.12. The molecule has 1 aliphatic carbocycles. The summed E-state index contributed by atoms with van der Waals surface area (Å²) in [7, 11) is 0. The van der Waals surface area contributed by atoms with Crippen molar-refractivity contribution in [2.24, 2.45) is 5.92 Å². The maximum Gasteiger partial charge on any atom is 0.0610 e.